The van der Waals surface area contributed by atoms with Gasteiger partial charge in [-0.15, -0.1) is 0 Å². The Labute approximate surface area is 343 Å². The smallest absolute Gasteiger partial charge is 0.346 e. The predicted octanol–water partition coefficient (Wildman–Crippen LogP) is 9.29. The van der Waals surface area contributed by atoms with Gasteiger partial charge in [-0.05, 0) is 75.8 Å². The van der Waals surface area contributed by atoms with Crippen LogP contribution in [0.15, 0.2) is 133 Å². The lowest BCUT2D eigenvalue weighted by atomic mass is 9.67. The van der Waals surface area contributed by atoms with Crippen LogP contribution < -0.4 is 9.47 Å². The van der Waals surface area contributed by atoms with Gasteiger partial charge in [0.15, 0.2) is 12.6 Å². The number of carbonyl (C=O) groups is 6. The van der Waals surface area contributed by atoms with Crippen LogP contribution >= 0.6 is 0 Å². The SMILES string of the molecule is CC.COC.COc1cccc(C2(c3cccc(OC)c3)c3ccccc3-c3ccccc32)c1.O=Cc1ccc(C=O)c(C=O)c1.O=Cc1ccc2c(c1)C(=O)OC2=O. The highest BCUT2D eigenvalue weighted by Crippen LogP contribution is 2.56. The van der Waals surface area contributed by atoms with E-state index in [1.165, 1.54) is 69.8 Å². The molecule has 0 saturated heterocycles. The number of hydrogen-bond donors (Lipinski definition) is 0. The Hall–Kier alpha value is -7.30. The zero-order valence-corrected chi connectivity index (χ0v) is 33.6. The van der Waals surface area contributed by atoms with Crippen molar-refractivity contribution in [2.24, 2.45) is 0 Å². The zero-order chi connectivity index (χ0) is 43.0. The molecule has 8 rings (SSSR count). The quantitative estimate of drug-likeness (QED) is 0.0831. The summed E-state index contributed by atoms with van der Waals surface area (Å²) in [6.07, 6.45) is 2.37. The maximum atomic E-state index is 11.0. The van der Waals surface area contributed by atoms with E-state index in [9.17, 15) is 28.8 Å². The van der Waals surface area contributed by atoms with Gasteiger partial charge in [-0.2, -0.15) is 0 Å². The molecule has 1 aliphatic carbocycles. The fourth-order valence-corrected chi connectivity index (χ4v) is 6.79. The van der Waals surface area contributed by atoms with Crippen molar-refractivity contribution in [3.8, 4) is 22.6 Å². The lowest BCUT2D eigenvalue weighted by Gasteiger charge is -2.34. The molecule has 0 amide bonds. The average molecular weight is 793 g/mol. The molecule has 0 N–H and O–H groups in total. The number of methoxy groups -OCH3 is 3. The Kier molecular flexibility index (Phi) is 16.0. The van der Waals surface area contributed by atoms with Crippen LogP contribution in [0.3, 0.4) is 0 Å². The van der Waals surface area contributed by atoms with Crippen molar-refractivity contribution >= 4 is 37.1 Å². The molecule has 59 heavy (non-hydrogen) atoms. The van der Waals surface area contributed by atoms with Crippen molar-refractivity contribution in [2.45, 2.75) is 19.3 Å². The van der Waals surface area contributed by atoms with E-state index in [0.717, 1.165) is 11.5 Å². The first kappa shape index (κ1) is 44.4. The van der Waals surface area contributed by atoms with Crippen LogP contribution in [-0.4, -0.2) is 65.5 Å². The van der Waals surface area contributed by atoms with Gasteiger partial charge in [0.25, 0.3) is 0 Å². The maximum Gasteiger partial charge on any atom is 0.346 e. The number of fused-ring (bicyclic) bond motifs is 4. The van der Waals surface area contributed by atoms with Crippen molar-refractivity contribution in [3.63, 3.8) is 0 Å². The normalized spacial score (nSPS) is 11.9. The Morgan fingerprint density at radius 3 is 1.39 bits per heavy atom. The number of esters is 2. The van der Waals surface area contributed by atoms with Crippen LogP contribution in [-0.2, 0) is 14.9 Å². The summed E-state index contributed by atoms with van der Waals surface area (Å²) >= 11 is 0. The molecule has 0 aromatic heterocycles. The number of benzene rings is 6. The molecular formula is C49H44O10. The molecule has 300 valence electrons. The van der Waals surface area contributed by atoms with Crippen LogP contribution in [0.2, 0.25) is 0 Å². The average Bonchev–Trinajstić information content (AvgIpc) is 3.77. The van der Waals surface area contributed by atoms with E-state index in [4.69, 9.17) is 9.47 Å². The summed E-state index contributed by atoms with van der Waals surface area (Å²) in [5, 5.41) is 0. The number of hydrogen-bond acceptors (Lipinski definition) is 10. The van der Waals surface area contributed by atoms with Crippen LogP contribution in [0.25, 0.3) is 11.1 Å². The van der Waals surface area contributed by atoms with E-state index >= 15 is 0 Å². The first-order valence-electron chi connectivity index (χ1n) is 18.5. The molecule has 10 nitrogen and oxygen atoms in total. The van der Waals surface area contributed by atoms with Gasteiger partial charge in [-0.25, -0.2) is 9.59 Å². The summed E-state index contributed by atoms with van der Waals surface area (Å²) in [6.45, 7) is 4.00. The van der Waals surface area contributed by atoms with Crippen molar-refractivity contribution < 1.29 is 47.7 Å². The van der Waals surface area contributed by atoms with E-state index < -0.39 is 17.4 Å². The highest BCUT2D eigenvalue weighted by atomic mass is 16.6. The van der Waals surface area contributed by atoms with E-state index in [0.29, 0.717) is 41.8 Å². The second-order valence-electron chi connectivity index (χ2n) is 12.6. The molecule has 1 aliphatic heterocycles. The molecule has 1 heterocycles. The molecule has 6 aromatic carbocycles. The lowest BCUT2D eigenvalue weighted by molar-refractivity contribution is 0.0443. The van der Waals surface area contributed by atoms with Gasteiger partial charge in [0.1, 0.15) is 24.1 Å². The highest BCUT2D eigenvalue weighted by molar-refractivity contribution is 6.15. The van der Waals surface area contributed by atoms with Crippen molar-refractivity contribution in [2.75, 3.05) is 28.4 Å². The van der Waals surface area contributed by atoms with E-state index in [-0.39, 0.29) is 16.7 Å². The van der Waals surface area contributed by atoms with Crippen molar-refractivity contribution in [1.82, 2.24) is 0 Å². The fraction of sp³-hybridized carbons (Fsp3) is 0.143. The van der Waals surface area contributed by atoms with Crippen LogP contribution in [0.5, 0.6) is 11.5 Å². The molecule has 0 spiro atoms. The van der Waals surface area contributed by atoms with Gasteiger partial charge >= 0.3 is 11.9 Å². The van der Waals surface area contributed by atoms with Gasteiger partial charge in [-0.1, -0.05) is 105 Å². The third-order valence-corrected chi connectivity index (χ3v) is 9.26. The molecule has 10 heteroatoms. The largest absolute Gasteiger partial charge is 0.497 e. The fourth-order valence-electron chi connectivity index (χ4n) is 6.79. The summed E-state index contributed by atoms with van der Waals surface area (Å²) in [4.78, 5) is 63.3. The van der Waals surface area contributed by atoms with E-state index in [2.05, 4.69) is 94.4 Å². The van der Waals surface area contributed by atoms with Crippen LogP contribution in [0.1, 0.15) is 98.2 Å². The summed E-state index contributed by atoms with van der Waals surface area (Å²) < 4.78 is 19.8. The molecule has 0 saturated carbocycles. The predicted molar refractivity (Wildman–Crippen MR) is 225 cm³/mol. The number of rotatable bonds is 8. The van der Waals surface area contributed by atoms with E-state index in [1.54, 1.807) is 28.4 Å². The molecule has 0 radical (unpaired) electrons. The lowest BCUT2D eigenvalue weighted by Crippen LogP contribution is -2.28. The number of cyclic esters (lactones) is 2. The minimum Gasteiger partial charge on any atom is -0.497 e. The molecule has 0 atom stereocenters. The van der Waals surface area contributed by atoms with Gasteiger partial charge in [0, 0.05) is 36.5 Å². The van der Waals surface area contributed by atoms with Crippen molar-refractivity contribution in [3.05, 3.63) is 189 Å². The zero-order valence-electron chi connectivity index (χ0n) is 33.6. The number of carbonyl (C=O) groups excluding carboxylic acids is 6. The summed E-state index contributed by atoms with van der Waals surface area (Å²) in [6, 6.07) is 42.8. The minimum absolute atomic E-state index is 0.162. The Morgan fingerprint density at radius 1 is 0.458 bits per heavy atom. The van der Waals surface area contributed by atoms with Gasteiger partial charge < -0.3 is 18.9 Å². The topological polar surface area (TPSA) is 139 Å². The Morgan fingerprint density at radius 2 is 0.915 bits per heavy atom. The van der Waals surface area contributed by atoms with Crippen molar-refractivity contribution in [1.29, 1.82) is 0 Å². The van der Waals surface area contributed by atoms with Crippen LogP contribution in [0, 0.1) is 0 Å². The summed E-state index contributed by atoms with van der Waals surface area (Å²) in [5.41, 5.74) is 8.71. The standard InChI is InChI=1S/C27H22O2.C9H4O4.C9H6O3.C2H6O.C2H6/c1-28-21-11-7-9-19(17-21)27(20-10-8-12-22(18-20)29-2)25-15-5-3-13-23(25)24-14-4-6-16-26(24)27;10-4-5-1-2-6-7(3-5)9(12)13-8(6)11;10-4-7-1-2-8(5-11)9(3-7)6-12;1-3-2;1-2/h3-18H,1-2H3;1-4H;1-6H;1-2H3;1-2H3. The first-order valence-corrected chi connectivity index (χ1v) is 18.5. The minimum atomic E-state index is -0.691. The second-order valence-corrected chi connectivity index (χ2v) is 12.6. The summed E-state index contributed by atoms with van der Waals surface area (Å²) in [7, 11) is 6.68. The monoisotopic (exact) mass is 792 g/mol. The highest BCUT2D eigenvalue weighted by Gasteiger charge is 2.46. The van der Waals surface area contributed by atoms with Crippen LogP contribution in [0.4, 0.5) is 0 Å². The molecule has 0 bridgehead atoms. The maximum absolute atomic E-state index is 11.0. The second kappa shape index (κ2) is 21.3. The summed E-state index contributed by atoms with van der Waals surface area (Å²) in [5.74, 6) is 0.361. The van der Waals surface area contributed by atoms with Gasteiger partial charge in [-0.3, -0.25) is 19.2 Å². The van der Waals surface area contributed by atoms with Gasteiger partial charge in [0.2, 0.25) is 0 Å². The Bertz CT molecular complexity index is 2350. The molecular weight excluding hydrogens is 749 g/mol. The molecule has 0 fully saturated rings. The third-order valence-electron chi connectivity index (χ3n) is 9.26. The molecule has 0 unspecified atom stereocenters. The van der Waals surface area contributed by atoms with E-state index in [1.807, 2.05) is 26.0 Å². The molecule has 6 aromatic rings. The number of ether oxygens (including phenoxy) is 4. The molecule has 2 aliphatic rings. The van der Waals surface area contributed by atoms with Gasteiger partial charge in [0.05, 0.1) is 30.8 Å². The number of aldehydes is 4. The third kappa shape index (κ3) is 9.47. The Balaban J connectivity index is 0.000000212. The first-order chi connectivity index (χ1) is 28.7.